The smallest absolute Gasteiger partial charge is 0.335 e. The average molecular weight is 1140 g/mol. The standard InChI is InChI=1S/C19H21N3O2.C18H19N3O4.C12H15N3O2.C7H7Br.C5H10/c1-2-18(23-14-16-9-5-3-6-10-16)19(13-21-22-20)24-15-17-11-7-4-8-12-17;19-21-20-11-16(24-12-14-7-3-1-4-8-14)17(18(22)23)25-13-15-9-5-2-6-10-15;1-2-12(11(16)8-14-15-13)17-9-10-6-4-3-5-7-10;8-6-7-4-2-1-3-5-7;1-4-5(2)3/h2-12,18-19H,1,13-15H2;1-10,16-17H,11-13H2,(H,22,23);2-7,11-12,16H,1,8-9H2;1-5H,6H2;4H,1-3H3/t18-,19?;16?,17-;11-,12+;;/m011../s1. The number of carboxylic acids is 1. The second-order valence-electron chi connectivity index (χ2n) is 17.0. The van der Waals surface area contributed by atoms with Gasteiger partial charge in [0.1, 0.15) is 18.3 Å². The van der Waals surface area contributed by atoms with Crippen LogP contribution in [-0.2, 0) is 66.8 Å². The van der Waals surface area contributed by atoms with Crippen molar-refractivity contribution >= 4 is 21.9 Å². The Morgan fingerprint density at radius 2 is 0.797 bits per heavy atom. The van der Waals surface area contributed by atoms with Crippen LogP contribution in [0.4, 0.5) is 0 Å². The molecule has 0 aliphatic carbocycles. The van der Waals surface area contributed by atoms with Crippen LogP contribution in [0.5, 0.6) is 0 Å². The van der Waals surface area contributed by atoms with E-state index in [1.807, 2.05) is 177 Å². The van der Waals surface area contributed by atoms with E-state index < -0.39 is 30.4 Å². The van der Waals surface area contributed by atoms with E-state index in [9.17, 15) is 15.0 Å². The first kappa shape index (κ1) is 67.3. The molecule has 0 spiro atoms. The Hall–Kier alpha value is -7.82. The van der Waals surface area contributed by atoms with Crippen molar-refractivity contribution in [3.05, 3.63) is 284 Å². The molecule has 6 rings (SSSR count). The molecule has 0 bridgehead atoms. The lowest BCUT2D eigenvalue weighted by atomic mass is 10.2. The Morgan fingerprint density at radius 1 is 0.506 bits per heavy atom. The van der Waals surface area contributed by atoms with Crippen molar-refractivity contribution in [2.45, 2.75) is 95.8 Å². The number of aliphatic carboxylic acids is 1. The van der Waals surface area contributed by atoms with Crippen molar-refractivity contribution in [2.75, 3.05) is 19.6 Å². The molecule has 6 atom stereocenters. The summed E-state index contributed by atoms with van der Waals surface area (Å²) in [7, 11) is 0. The van der Waals surface area contributed by atoms with Gasteiger partial charge in [-0.2, -0.15) is 0 Å². The molecule has 6 aromatic carbocycles. The quantitative estimate of drug-likeness (QED) is 0.0157. The van der Waals surface area contributed by atoms with Crippen LogP contribution >= 0.6 is 15.9 Å². The van der Waals surface area contributed by atoms with E-state index in [2.05, 4.69) is 91.2 Å². The van der Waals surface area contributed by atoms with Crippen molar-refractivity contribution in [3.8, 4) is 0 Å². The third-order valence-electron chi connectivity index (χ3n) is 10.8. The van der Waals surface area contributed by atoms with Gasteiger partial charge in [0, 0.05) is 20.1 Å². The zero-order chi connectivity index (χ0) is 57.6. The van der Waals surface area contributed by atoms with Crippen molar-refractivity contribution in [3.63, 3.8) is 0 Å². The van der Waals surface area contributed by atoms with Gasteiger partial charge in [-0.25, -0.2) is 4.79 Å². The van der Waals surface area contributed by atoms with Gasteiger partial charge >= 0.3 is 5.97 Å². The minimum atomic E-state index is -1.24. The highest BCUT2D eigenvalue weighted by atomic mass is 79.9. The van der Waals surface area contributed by atoms with E-state index in [0.717, 1.165) is 33.1 Å². The summed E-state index contributed by atoms with van der Waals surface area (Å²) in [6.45, 7) is 15.2. The van der Waals surface area contributed by atoms with Gasteiger partial charge in [0.25, 0.3) is 0 Å². The lowest BCUT2D eigenvalue weighted by molar-refractivity contribution is -0.163. The summed E-state index contributed by atoms with van der Waals surface area (Å²) >= 11 is 3.36. The van der Waals surface area contributed by atoms with E-state index in [-0.39, 0.29) is 45.1 Å². The van der Waals surface area contributed by atoms with E-state index in [0.29, 0.717) is 19.8 Å². The number of aliphatic hydroxyl groups excluding tert-OH is 1. The molecule has 0 aliphatic heterocycles. The summed E-state index contributed by atoms with van der Waals surface area (Å²) in [5.74, 6) is -1.16. The number of hydrogen-bond donors (Lipinski definition) is 2. The normalized spacial score (nSPS) is 12.2. The van der Waals surface area contributed by atoms with Crippen molar-refractivity contribution in [1.29, 1.82) is 0 Å². The number of azide groups is 3. The zero-order valence-corrected chi connectivity index (χ0v) is 46.6. The highest BCUT2D eigenvalue weighted by molar-refractivity contribution is 9.08. The number of rotatable bonds is 28. The van der Waals surface area contributed by atoms with Crippen LogP contribution in [0.2, 0.25) is 0 Å². The fourth-order valence-electron chi connectivity index (χ4n) is 6.36. The summed E-state index contributed by atoms with van der Waals surface area (Å²) in [5, 5.41) is 30.5. The van der Waals surface area contributed by atoms with Gasteiger partial charge < -0.3 is 33.9 Å². The predicted octanol–water partition coefficient (Wildman–Crippen LogP) is 15.2. The predicted molar refractivity (Wildman–Crippen MR) is 315 cm³/mol. The van der Waals surface area contributed by atoms with Crippen LogP contribution < -0.4 is 0 Å². The number of carbonyl (C=O) groups is 1. The molecule has 17 nitrogen and oxygen atoms in total. The molecule has 2 unspecified atom stereocenters. The zero-order valence-electron chi connectivity index (χ0n) is 45.0. The summed E-state index contributed by atoms with van der Waals surface area (Å²) in [4.78, 5) is 19.7. The van der Waals surface area contributed by atoms with Crippen LogP contribution in [0.15, 0.2) is 234 Å². The van der Waals surface area contributed by atoms with E-state index in [1.54, 1.807) is 6.08 Å². The number of aliphatic hydroxyl groups is 1. The molecule has 79 heavy (non-hydrogen) atoms. The van der Waals surface area contributed by atoms with Gasteiger partial charge in [0.05, 0.1) is 64.9 Å². The molecule has 416 valence electrons. The van der Waals surface area contributed by atoms with Crippen LogP contribution in [0.1, 0.15) is 54.2 Å². The minimum Gasteiger partial charge on any atom is -0.479 e. The SMILES string of the molecule is BrCc1ccccc1.C=C[C@H](OCc1ccccc1)C(CN=[N+]=[N-])OCc1ccccc1.C=C[C@H](OCc1ccccc1)[C@H](O)CN=[N+]=[N-].CC=C(C)C.[N-]=[N+]=NCC(OCc1ccccc1)[C@@H](OCc1ccccc1)C(=O)O. The molecule has 0 fully saturated rings. The number of ether oxygens (including phenoxy) is 5. The lowest BCUT2D eigenvalue weighted by Gasteiger charge is -2.24. The van der Waals surface area contributed by atoms with Gasteiger partial charge in [-0.3, -0.25) is 0 Å². The largest absolute Gasteiger partial charge is 0.479 e. The number of hydrogen-bond acceptors (Lipinski definition) is 10. The van der Waals surface area contributed by atoms with Crippen LogP contribution in [0.3, 0.4) is 0 Å². The fourth-order valence-corrected chi connectivity index (χ4v) is 6.74. The Kier molecular flexibility index (Phi) is 37.6. The van der Waals surface area contributed by atoms with Gasteiger partial charge in [-0.15, -0.1) is 13.2 Å². The van der Waals surface area contributed by atoms with Gasteiger partial charge in [0.15, 0.2) is 6.10 Å². The summed E-state index contributed by atoms with van der Waals surface area (Å²) in [6.07, 6.45) is 0.979. The molecule has 0 heterocycles. The monoisotopic (exact) mass is 1140 g/mol. The molecule has 6 aromatic rings. The second-order valence-corrected chi connectivity index (χ2v) is 17.6. The van der Waals surface area contributed by atoms with Crippen LogP contribution in [0.25, 0.3) is 31.3 Å². The Labute approximate surface area is 472 Å². The molecule has 0 saturated carbocycles. The Balaban J connectivity index is 0.000000367. The van der Waals surface area contributed by atoms with Crippen LogP contribution in [0, 0.1) is 0 Å². The minimum absolute atomic E-state index is 0.0258. The van der Waals surface area contributed by atoms with Gasteiger partial charge in [0.2, 0.25) is 0 Å². The fraction of sp³-hybridized carbons (Fsp3) is 0.295. The third kappa shape index (κ3) is 31.9. The molecule has 0 aliphatic rings. The van der Waals surface area contributed by atoms with Crippen LogP contribution in [-0.4, -0.2) is 72.4 Å². The molecular weight excluding hydrogens is 1070 g/mol. The summed E-state index contributed by atoms with van der Waals surface area (Å²) in [6, 6.07) is 58.2. The van der Waals surface area contributed by atoms with E-state index in [4.69, 9.17) is 40.3 Å². The van der Waals surface area contributed by atoms with Gasteiger partial charge in [-0.1, -0.05) is 237 Å². The number of benzene rings is 6. The number of carboxylic acid groups (broad SMARTS) is 1. The molecule has 0 radical (unpaired) electrons. The van der Waals surface area contributed by atoms with E-state index in [1.165, 1.54) is 17.2 Å². The van der Waals surface area contributed by atoms with Gasteiger partial charge in [-0.05, 0) is 70.7 Å². The highest BCUT2D eigenvalue weighted by Gasteiger charge is 2.30. The van der Waals surface area contributed by atoms with Crippen molar-refractivity contribution < 1.29 is 38.7 Å². The molecule has 2 N–H and O–H groups in total. The first-order chi connectivity index (χ1) is 38.5. The topological polar surface area (TPSA) is 250 Å². The maximum absolute atomic E-state index is 11.6. The van der Waals surface area contributed by atoms with Crippen molar-refractivity contribution in [2.24, 2.45) is 15.3 Å². The lowest BCUT2D eigenvalue weighted by Crippen LogP contribution is -2.40. The Bertz CT molecular complexity index is 2710. The number of allylic oxidation sites excluding steroid dienone is 2. The maximum atomic E-state index is 11.6. The molecule has 18 heteroatoms. The number of alkyl halides is 1. The first-order valence-corrected chi connectivity index (χ1v) is 26.3. The number of nitrogens with zero attached hydrogens (tertiary/aromatic N) is 9. The Morgan fingerprint density at radius 3 is 1.10 bits per heavy atom. The molecule has 0 saturated heterocycles. The molecule has 0 aromatic heterocycles. The highest BCUT2D eigenvalue weighted by Crippen LogP contribution is 2.16. The second kappa shape index (κ2) is 44.2. The first-order valence-electron chi connectivity index (χ1n) is 25.2. The average Bonchev–Trinajstić information content (AvgIpc) is 3.50. The summed E-state index contributed by atoms with van der Waals surface area (Å²) < 4.78 is 28.5. The number of halogens is 1. The summed E-state index contributed by atoms with van der Waals surface area (Å²) in [5.41, 5.74) is 32.9. The van der Waals surface area contributed by atoms with Crippen molar-refractivity contribution in [1.82, 2.24) is 0 Å². The maximum Gasteiger partial charge on any atom is 0.335 e. The molecule has 0 amide bonds. The third-order valence-corrected chi connectivity index (χ3v) is 11.5. The van der Waals surface area contributed by atoms with E-state index >= 15 is 0 Å². The molecular formula is C61H72BrN9O8.